The second kappa shape index (κ2) is 10.5. The molecule has 1 aliphatic rings. The predicted octanol–water partition coefficient (Wildman–Crippen LogP) is 5.19. The van der Waals surface area contributed by atoms with Crippen LogP contribution in [0, 0.1) is 12.8 Å². The number of carbonyl (C=O) groups is 1. The van der Waals surface area contributed by atoms with Crippen LogP contribution in [-0.4, -0.2) is 36.0 Å². The normalized spacial score (nSPS) is 17.4. The summed E-state index contributed by atoms with van der Waals surface area (Å²) in [5, 5.41) is 3.59. The molecule has 1 fully saturated rings. The number of aryl methyl sites for hydroxylation is 1. The molecule has 0 bridgehead atoms. The van der Waals surface area contributed by atoms with Crippen molar-refractivity contribution in [2.45, 2.75) is 45.2 Å². The molecule has 1 aliphatic carbocycles. The maximum atomic E-state index is 13.8. The first-order chi connectivity index (χ1) is 19.0. The van der Waals surface area contributed by atoms with Crippen LogP contribution in [0.3, 0.4) is 0 Å². The number of hydrogen-bond donors (Lipinski definition) is 1. The fourth-order valence-electron chi connectivity index (χ4n) is 5.42. The zero-order chi connectivity index (χ0) is 26.9. The average molecular weight is 543 g/mol. The highest BCUT2D eigenvalue weighted by molar-refractivity contribution is 6.30. The lowest BCUT2D eigenvalue weighted by Crippen LogP contribution is -2.39. The van der Waals surface area contributed by atoms with Crippen molar-refractivity contribution in [2.75, 3.05) is 0 Å². The zero-order valence-electron chi connectivity index (χ0n) is 21.4. The van der Waals surface area contributed by atoms with Gasteiger partial charge >= 0.3 is 5.69 Å². The Balaban J connectivity index is 1.20. The Hall–Kier alpha value is -4.24. The van der Waals surface area contributed by atoms with E-state index < -0.39 is 0 Å². The van der Waals surface area contributed by atoms with E-state index in [-0.39, 0.29) is 17.6 Å². The standard InChI is InChI=1S/C29H27ClN6O3/c1-18-23(12-20(30)14-33-18)28(37)34-21-8-6-19(7-9-21)16-35-25-4-2-3-5-26(25)36(29(35)38)22-10-11-32-24(13-22)27-15-31-17-39-27/h2-5,10-15,17,19,21H,6-9,16H2,1H3,(H,34,37)/t19-,21-. The third-order valence-corrected chi connectivity index (χ3v) is 7.65. The Bertz CT molecular complexity index is 1700. The smallest absolute Gasteiger partial charge is 0.333 e. The van der Waals surface area contributed by atoms with E-state index in [1.807, 2.05) is 41.0 Å². The number of hydrogen-bond acceptors (Lipinski definition) is 6. The van der Waals surface area contributed by atoms with Gasteiger partial charge in [-0.15, -0.1) is 0 Å². The third kappa shape index (κ3) is 4.97. The van der Waals surface area contributed by atoms with E-state index in [0.717, 1.165) is 36.7 Å². The molecule has 0 spiro atoms. The molecule has 9 nitrogen and oxygen atoms in total. The van der Waals surface area contributed by atoms with Gasteiger partial charge in [-0.2, -0.15) is 0 Å². The minimum Gasteiger partial charge on any atom is -0.442 e. The molecule has 1 amide bonds. The van der Waals surface area contributed by atoms with Gasteiger partial charge in [0.05, 0.1) is 39.2 Å². The SMILES string of the molecule is Cc1ncc(Cl)cc1C(=O)N[C@H]1CC[C@H](Cn2c(=O)n(-c3ccnc(-c4cnco4)c3)c3ccccc32)CC1. The molecule has 6 rings (SSSR count). The number of aromatic nitrogens is 5. The van der Waals surface area contributed by atoms with Crippen molar-refractivity contribution in [3.8, 4) is 17.1 Å². The van der Waals surface area contributed by atoms with Crippen LogP contribution in [0.5, 0.6) is 0 Å². The molecule has 0 radical (unpaired) electrons. The minimum absolute atomic E-state index is 0.0801. The number of fused-ring (bicyclic) bond motifs is 1. The quantitative estimate of drug-likeness (QED) is 0.316. The number of halogens is 1. The number of amides is 1. The van der Waals surface area contributed by atoms with Gasteiger partial charge in [-0.1, -0.05) is 23.7 Å². The van der Waals surface area contributed by atoms with Crippen LogP contribution in [0.25, 0.3) is 28.2 Å². The van der Waals surface area contributed by atoms with Gasteiger partial charge in [0.25, 0.3) is 5.91 Å². The van der Waals surface area contributed by atoms with Crippen LogP contribution in [0.1, 0.15) is 41.7 Å². The van der Waals surface area contributed by atoms with Crippen molar-refractivity contribution in [2.24, 2.45) is 5.92 Å². The molecule has 1 N–H and O–H groups in total. The minimum atomic E-state index is -0.146. The van der Waals surface area contributed by atoms with Gasteiger partial charge in [-0.3, -0.25) is 23.9 Å². The van der Waals surface area contributed by atoms with E-state index >= 15 is 0 Å². The largest absolute Gasteiger partial charge is 0.442 e. The highest BCUT2D eigenvalue weighted by Gasteiger charge is 2.26. The number of carbonyl (C=O) groups excluding carboxylic acids is 1. The van der Waals surface area contributed by atoms with Gasteiger partial charge in [0, 0.05) is 25.0 Å². The van der Waals surface area contributed by atoms with Gasteiger partial charge in [0.2, 0.25) is 0 Å². The first-order valence-electron chi connectivity index (χ1n) is 13.0. The van der Waals surface area contributed by atoms with E-state index in [0.29, 0.717) is 45.9 Å². The van der Waals surface area contributed by atoms with Gasteiger partial charge in [0.1, 0.15) is 5.69 Å². The number of rotatable bonds is 6. The highest BCUT2D eigenvalue weighted by atomic mass is 35.5. The molecule has 0 atom stereocenters. The number of nitrogens with zero attached hydrogens (tertiary/aromatic N) is 5. The van der Waals surface area contributed by atoms with Crippen LogP contribution in [0.2, 0.25) is 5.02 Å². The van der Waals surface area contributed by atoms with Crippen molar-refractivity contribution < 1.29 is 9.21 Å². The Morgan fingerprint density at radius 2 is 1.87 bits per heavy atom. The number of nitrogens with one attached hydrogen (secondary N) is 1. The maximum Gasteiger partial charge on any atom is 0.333 e. The van der Waals surface area contributed by atoms with Crippen LogP contribution in [0.15, 0.2) is 76.7 Å². The fourth-order valence-corrected chi connectivity index (χ4v) is 5.58. The summed E-state index contributed by atoms with van der Waals surface area (Å²) in [6.07, 6.45) is 9.69. The van der Waals surface area contributed by atoms with Gasteiger partial charge in [0.15, 0.2) is 12.2 Å². The lowest BCUT2D eigenvalue weighted by atomic mass is 9.85. The monoisotopic (exact) mass is 542 g/mol. The van der Waals surface area contributed by atoms with E-state index in [1.165, 1.54) is 6.39 Å². The maximum absolute atomic E-state index is 13.8. The Labute approximate surface area is 229 Å². The van der Waals surface area contributed by atoms with Crippen molar-refractivity contribution in [1.29, 1.82) is 0 Å². The number of oxazole rings is 1. The number of imidazole rings is 1. The van der Waals surface area contributed by atoms with Crippen molar-refractivity contribution in [3.63, 3.8) is 0 Å². The van der Waals surface area contributed by atoms with Crippen LogP contribution in [-0.2, 0) is 6.54 Å². The zero-order valence-corrected chi connectivity index (χ0v) is 22.1. The molecule has 0 unspecified atom stereocenters. The van der Waals surface area contributed by atoms with Gasteiger partial charge in [-0.05, 0) is 68.9 Å². The van der Waals surface area contributed by atoms with E-state index in [9.17, 15) is 9.59 Å². The summed E-state index contributed by atoms with van der Waals surface area (Å²) in [5.74, 6) is 0.721. The molecule has 1 aromatic carbocycles. The molecule has 1 saturated carbocycles. The van der Waals surface area contributed by atoms with Crippen LogP contribution >= 0.6 is 11.6 Å². The highest BCUT2D eigenvalue weighted by Crippen LogP contribution is 2.28. The Kier molecular flexibility index (Phi) is 6.74. The summed E-state index contributed by atoms with van der Waals surface area (Å²) in [6.45, 7) is 2.42. The van der Waals surface area contributed by atoms with Crippen LogP contribution < -0.4 is 11.0 Å². The molecule has 4 aromatic heterocycles. The van der Waals surface area contributed by atoms with Crippen molar-refractivity contribution in [3.05, 3.63) is 94.2 Å². The molecule has 39 heavy (non-hydrogen) atoms. The number of benzene rings is 1. The molecule has 0 aliphatic heterocycles. The number of para-hydroxylation sites is 2. The lowest BCUT2D eigenvalue weighted by Gasteiger charge is -2.29. The Morgan fingerprint density at radius 1 is 1.08 bits per heavy atom. The average Bonchev–Trinajstić information content (AvgIpc) is 3.58. The van der Waals surface area contributed by atoms with Gasteiger partial charge < -0.3 is 9.73 Å². The molecule has 10 heteroatoms. The first kappa shape index (κ1) is 25.1. The molecule has 0 saturated heterocycles. The summed E-state index contributed by atoms with van der Waals surface area (Å²) in [6, 6.07) is 13.2. The molecular formula is C29H27ClN6O3. The van der Waals surface area contributed by atoms with E-state index in [4.69, 9.17) is 16.0 Å². The summed E-state index contributed by atoms with van der Waals surface area (Å²) in [4.78, 5) is 39.1. The predicted molar refractivity (Wildman–Crippen MR) is 148 cm³/mol. The molecule has 4 heterocycles. The van der Waals surface area contributed by atoms with Crippen LogP contribution in [0.4, 0.5) is 0 Å². The lowest BCUT2D eigenvalue weighted by molar-refractivity contribution is 0.0919. The molecule has 198 valence electrons. The summed E-state index contributed by atoms with van der Waals surface area (Å²) < 4.78 is 9.00. The summed E-state index contributed by atoms with van der Waals surface area (Å²) >= 11 is 6.04. The number of pyridine rings is 2. The Morgan fingerprint density at radius 3 is 2.64 bits per heavy atom. The fraction of sp³-hybridized carbons (Fsp3) is 0.276. The van der Waals surface area contributed by atoms with E-state index in [2.05, 4.69) is 20.3 Å². The topological polar surface area (TPSA) is 108 Å². The molecular weight excluding hydrogens is 516 g/mol. The first-order valence-corrected chi connectivity index (χ1v) is 13.3. The van der Waals surface area contributed by atoms with Crippen molar-refractivity contribution in [1.82, 2.24) is 29.4 Å². The second-order valence-electron chi connectivity index (χ2n) is 9.96. The summed E-state index contributed by atoms with van der Waals surface area (Å²) in [7, 11) is 0. The van der Waals surface area contributed by atoms with Crippen molar-refractivity contribution >= 4 is 28.5 Å². The van der Waals surface area contributed by atoms with Gasteiger partial charge in [-0.25, -0.2) is 9.78 Å². The second-order valence-corrected chi connectivity index (χ2v) is 10.4. The van der Waals surface area contributed by atoms with E-state index in [1.54, 1.807) is 36.1 Å². The molecule has 5 aromatic rings. The summed E-state index contributed by atoms with van der Waals surface area (Å²) in [5.41, 5.74) is 4.12. The third-order valence-electron chi connectivity index (χ3n) is 7.44.